The molecule has 0 aliphatic heterocycles. The maximum absolute atomic E-state index is 12.4. The molecule has 0 atom stereocenters. The van der Waals surface area contributed by atoms with Crippen LogP contribution in [0.25, 0.3) is 5.82 Å². The number of hydrogen-bond donors (Lipinski definition) is 2. The van der Waals surface area contributed by atoms with Gasteiger partial charge in [-0.3, -0.25) is 4.79 Å². The van der Waals surface area contributed by atoms with Crippen LogP contribution < -0.4 is 15.4 Å². The number of benzene rings is 2. The van der Waals surface area contributed by atoms with E-state index in [1.807, 2.05) is 63.2 Å². The number of carbonyl (C=O) groups excluding carboxylic acids is 1. The van der Waals surface area contributed by atoms with Gasteiger partial charge < -0.3 is 15.4 Å². The second kappa shape index (κ2) is 9.30. The predicted molar refractivity (Wildman–Crippen MR) is 124 cm³/mol. The molecule has 2 aromatic carbocycles. The maximum Gasteiger partial charge on any atom is 0.255 e. The summed E-state index contributed by atoms with van der Waals surface area (Å²) in [6.45, 7) is 6.43. The van der Waals surface area contributed by atoms with E-state index in [2.05, 4.69) is 25.9 Å². The van der Waals surface area contributed by atoms with Gasteiger partial charge in [0.2, 0.25) is 0 Å². The molecule has 0 saturated carbocycles. The van der Waals surface area contributed by atoms with Crippen molar-refractivity contribution in [2.24, 2.45) is 0 Å². The molecule has 0 aliphatic carbocycles. The Morgan fingerprint density at radius 3 is 2.25 bits per heavy atom. The van der Waals surface area contributed by atoms with Gasteiger partial charge in [0.05, 0.1) is 12.3 Å². The first kappa shape index (κ1) is 21.0. The molecule has 8 nitrogen and oxygen atoms in total. The minimum atomic E-state index is -0.181. The highest BCUT2D eigenvalue weighted by atomic mass is 16.5. The van der Waals surface area contributed by atoms with Gasteiger partial charge in [0, 0.05) is 22.6 Å². The third-order valence-corrected chi connectivity index (χ3v) is 4.72. The average molecular weight is 428 g/mol. The lowest BCUT2D eigenvalue weighted by molar-refractivity contribution is 0.102. The van der Waals surface area contributed by atoms with Gasteiger partial charge in [-0.2, -0.15) is 5.10 Å². The lowest BCUT2D eigenvalue weighted by atomic mass is 10.2. The van der Waals surface area contributed by atoms with Crippen LogP contribution in [0.3, 0.4) is 0 Å². The summed E-state index contributed by atoms with van der Waals surface area (Å²) in [5.41, 5.74) is 4.02. The van der Waals surface area contributed by atoms with Crippen LogP contribution in [0.4, 0.5) is 17.2 Å². The first-order chi connectivity index (χ1) is 15.5. The maximum atomic E-state index is 12.4. The highest BCUT2D eigenvalue weighted by Gasteiger charge is 2.08. The number of anilines is 3. The summed E-state index contributed by atoms with van der Waals surface area (Å²) < 4.78 is 7.16. The molecule has 0 fully saturated rings. The van der Waals surface area contributed by atoms with Crippen molar-refractivity contribution < 1.29 is 9.53 Å². The molecular formula is C24H24N6O2. The minimum absolute atomic E-state index is 0.181. The van der Waals surface area contributed by atoms with Gasteiger partial charge in [0.15, 0.2) is 11.6 Å². The fourth-order valence-corrected chi connectivity index (χ4v) is 3.22. The summed E-state index contributed by atoms with van der Waals surface area (Å²) in [5.74, 6) is 1.83. The van der Waals surface area contributed by atoms with Crippen LogP contribution in [0.1, 0.15) is 28.7 Å². The molecule has 2 aromatic heterocycles. The highest BCUT2D eigenvalue weighted by molar-refractivity contribution is 6.04. The molecule has 4 rings (SSSR count). The molecule has 162 valence electrons. The first-order valence-electron chi connectivity index (χ1n) is 10.3. The summed E-state index contributed by atoms with van der Waals surface area (Å²) in [4.78, 5) is 12.4. The van der Waals surface area contributed by atoms with E-state index in [1.165, 1.54) is 0 Å². The van der Waals surface area contributed by atoms with Crippen molar-refractivity contribution in [2.75, 3.05) is 17.2 Å². The Labute approximate surface area is 186 Å². The number of amides is 1. The number of rotatable bonds is 7. The number of nitrogens with zero attached hydrogens (tertiary/aromatic N) is 4. The number of aryl methyl sites for hydroxylation is 2. The van der Waals surface area contributed by atoms with Crippen molar-refractivity contribution in [3.63, 3.8) is 0 Å². The standard InChI is InChI=1S/C24H24N6O2/c1-4-32-21-11-5-18(6-12-21)24(31)26-20-9-7-19(8-10-20)25-22-13-14-23(28-27-22)30-17(3)15-16(2)29-30/h5-15H,4H2,1-3H3,(H,25,27)(H,26,31). The Morgan fingerprint density at radius 1 is 0.938 bits per heavy atom. The van der Waals surface area contributed by atoms with Crippen molar-refractivity contribution in [2.45, 2.75) is 20.8 Å². The lowest BCUT2D eigenvalue weighted by Gasteiger charge is -2.09. The van der Waals surface area contributed by atoms with Gasteiger partial charge in [-0.1, -0.05) is 0 Å². The van der Waals surface area contributed by atoms with Crippen LogP contribution in [0.5, 0.6) is 5.75 Å². The third-order valence-electron chi connectivity index (χ3n) is 4.72. The van der Waals surface area contributed by atoms with Crippen molar-refractivity contribution >= 4 is 23.1 Å². The van der Waals surface area contributed by atoms with Gasteiger partial charge >= 0.3 is 0 Å². The molecule has 2 N–H and O–H groups in total. The molecule has 0 bridgehead atoms. The van der Waals surface area contributed by atoms with E-state index in [1.54, 1.807) is 28.9 Å². The van der Waals surface area contributed by atoms with Crippen LogP contribution in [0.15, 0.2) is 66.7 Å². The van der Waals surface area contributed by atoms with E-state index in [9.17, 15) is 4.79 Å². The number of carbonyl (C=O) groups is 1. The largest absolute Gasteiger partial charge is 0.494 e. The number of aromatic nitrogens is 4. The Kier molecular flexibility index (Phi) is 6.12. The van der Waals surface area contributed by atoms with Crippen molar-refractivity contribution in [3.8, 4) is 11.6 Å². The van der Waals surface area contributed by atoms with Gasteiger partial charge in [-0.15, -0.1) is 10.2 Å². The Balaban J connectivity index is 1.37. The smallest absolute Gasteiger partial charge is 0.255 e. The third kappa shape index (κ3) is 4.92. The molecule has 2 heterocycles. The van der Waals surface area contributed by atoms with Gasteiger partial charge in [0.1, 0.15) is 5.75 Å². The molecule has 0 spiro atoms. The van der Waals surface area contributed by atoms with E-state index in [4.69, 9.17) is 4.74 Å². The fourth-order valence-electron chi connectivity index (χ4n) is 3.22. The number of hydrogen-bond acceptors (Lipinski definition) is 6. The van der Waals surface area contributed by atoms with Crippen LogP contribution in [-0.2, 0) is 0 Å². The van der Waals surface area contributed by atoms with E-state index in [-0.39, 0.29) is 5.91 Å². The zero-order valence-corrected chi connectivity index (χ0v) is 18.2. The van der Waals surface area contributed by atoms with E-state index in [0.29, 0.717) is 29.5 Å². The summed E-state index contributed by atoms with van der Waals surface area (Å²) in [5, 5.41) is 19.0. The molecule has 0 radical (unpaired) electrons. The van der Waals surface area contributed by atoms with E-state index >= 15 is 0 Å². The van der Waals surface area contributed by atoms with Crippen LogP contribution in [-0.4, -0.2) is 32.5 Å². The van der Waals surface area contributed by atoms with Gasteiger partial charge in [0.25, 0.3) is 5.91 Å². The SMILES string of the molecule is CCOc1ccc(C(=O)Nc2ccc(Nc3ccc(-n4nc(C)cc4C)nn3)cc2)cc1. The second-order valence-corrected chi connectivity index (χ2v) is 7.23. The van der Waals surface area contributed by atoms with Crippen LogP contribution in [0.2, 0.25) is 0 Å². The molecule has 32 heavy (non-hydrogen) atoms. The van der Waals surface area contributed by atoms with Crippen LogP contribution in [0, 0.1) is 13.8 Å². The average Bonchev–Trinajstić information content (AvgIpc) is 3.14. The van der Waals surface area contributed by atoms with Crippen molar-refractivity contribution in [1.29, 1.82) is 0 Å². The van der Waals surface area contributed by atoms with Crippen molar-refractivity contribution in [1.82, 2.24) is 20.0 Å². The summed E-state index contributed by atoms with van der Waals surface area (Å²) >= 11 is 0. The molecule has 4 aromatic rings. The Hall–Kier alpha value is -4.20. The summed E-state index contributed by atoms with van der Waals surface area (Å²) in [6.07, 6.45) is 0. The lowest BCUT2D eigenvalue weighted by Crippen LogP contribution is -2.11. The van der Waals surface area contributed by atoms with Crippen molar-refractivity contribution in [3.05, 3.63) is 83.7 Å². The van der Waals surface area contributed by atoms with E-state index < -0.39 is 0 Å². The minimum Gasteiger partial charge on any atom is -0.494 e. The zero-order chi connectivity index (χ0) is 22.5. The monoisotopic (exact) mass is 428 g/mol. The topological polar surface area (TPSA) is 94.0 Å². The fraction of sp³-hybridized carbons (Fsp3) is 0.167. The van der Waals surface area contributed by atoms with Gasteiger partial charge in [-0.05, 0) is 87.5 Å². The molecule has 0 aliphatic rings. The highest BCUT2D eigenvalue weighted by Crippen LogP contribution is 2.19. The summed E-state index contributed by atoms with van der Waals surface area (Å²) in [7, 11) is 0. The zero-order valence-electron chi connectivity index (χ0n) is 18.2. The Morgan fingerprint density at radius 2 is 1.66 bits per heavy atom. The quantitative estimate of drug-likeness (QED) is 0.444. The van der Waals surface area contributed by atoms with Crippen LogP contribution >= 0.6 is 0 Å². The second-order valence-electron chi connectivity index (χ2n) is 7.23. The normalized spacial score (nSPS) is 10.6. The first-order valence-corrected chi connectivity index (χ1v) is 10.3. The molecule has 0 saturated heterocycles. The number of nitrogens with one attached hydrogen (secondary N) is 2. The molecule has 8 heteroatoms. The summed E-state index contributed by atoms with van der Waals surface area (Å²) in [6, 6.07) is 20.1. The number of ether oxygens (including phenoxy) is 1. The van der Waals surface area contributed by atoms with E-state index in [0.717, 1.165) is 22.8 Å². The molecule has 0 unspecified atom stereocenters. The molecule has 1 amide bonds. The molecular weight excluding hydrogens is 404 g/mol. The predicted octanol–water partition coefficient (Wildman–Crippen LogP) is 4.67. The Bertz CT molecular complexity index is 1200. The van der Waals surface area contributed by atoms with Gasteiger partial charge in [-0.25, -0.2) is 4.68 Å².